The smallest absolute Gasteiger partial charge is 0.123 e. The first-order valence-electron chi connectivity index (χ1n) is 6.12. The molecule has 0 saturated carbocycles. The molecular weight excluding hydrogens is 308 g/mol. The lowest BCUT2D eigenvalue weighted by Gasteiger charge is -2.02. The molecular formula is C14H17BrN2S. The summed E-state index contributed by atoms with van der Waals surface area (Å²) in [4.78, 5) is 4.68. The fraction of sp³-hybridized carbons (Fsp3) is 0.357. The van der Waals surface area contributed by atoms with Crippen LogP contribution in [0.1, 0.15) is 24.6 Å². The number of aromatic nitrogens is 1. The largest absolute Gasteiger partial charge is 0.311 e. The van der Waals surface area contributed by atoms with Gasteiger partial charge in [-0.3, -0.25) is 0 Å². The molecule has 0 aliphatic rings. The molecule has 0 spiro atoms. The standard InChI is InChI=1S/C14H17BrN2S/c1-3-6-16-8-12-9-18-14(17-12)13-5-4-11(15)7-10(13)2/h4-5,7,9,16H,3,6,8H2,1-2H3. The third-order valence-electron chi connectivity index (χ3n) is 2.70. The van der Waals surface area contributed by atoms with Crippen molar-refractivity contribution in [2.75, 3.05) is 6.54 Å². The Morgan fingerprint density at radius 2 is 2.22 bits per heavy atom. The van der Waals surface area contributed by atoms with Crippen LogP contribution >= 0.6 is 27.3 Å². The fourth-order valence-corrected chi connectivity index (χ4v) is 3.16. The van der Waals surface area contributed by atoms with Gasteiger partial charge in [0.05, 0.1) is 5.69 Å². The molecule has 2 nitrogen and oxygen atoms in total. The SMILES string of the molecule is CCCNCc1csc(-c2ccc(Br)cc2C)n1. The lowest BCUT2D eigenvalue weighted by atomic mass is 10.1. The predicted octanol–water partition coefficient (Wildman–Crippen LogP) is 4.38. The van der Waals surface area contributed by atoms with E-state index >= 15 is 0 Å². The van der Waals surface area contributed by atoms with Gasteiger partial charge >= 0.3 is 0 Å². The zero-order valence-corrected chi connectivity index (χ0v) is 13.1. The third-order valence-corrected chi connectivity index (χ3v) is 4.12. The van der Waals surface area contributed by atoms with Gasteiger partial charge in [-0.15, -0.1) is 11.3 Å². The molecule has 1 N–H and O–H groups in total. The average Bonchev–Trinajstić information content (AvgIpc) is 2.78. The molecule has 0 aliphatic carbocycles. The quantitative estimate of drug-likeness (QED) is 0.825. The topological polar surface area (TPSA) is 24.9 Å². The Kier molecular flexibility index (Phi) is 4.92. The van der Waals surface area contributed by atoms with Crippen LogP contribution < -0.4 is 5.32 Å². The lowest BCUT2D eigenvalue weighted by Crippen LogP contribution is -2.13. The number of rotatable bonds is 5. The third kappa shape index (κ3) is 3.40. The molecule has 0 atom stereocenters. The van der Waals surface area contributed by atoms with E-state index in [1.807, 2.05) is 0 Å². The van der Waals surface area contributed by atoms with Crippen LogP contribution in [0.4, 0.5) is 0 Å². The van der Waals surface area contributed by atoms with E-state index in [0.29, 0.717) is 0 Å². The number of thiazole rings is 1. The minimum Gasteiger partial charge on any atom is -0.311 e. The van der Waals surface area contributed by atoms with E-state index in [-0.39, 0.29) is 0 Å². The second-order valence-electron chi connectivity index (χ2n) is 4.28. The highest BCUT2D eigenvalue weighted by molar-refractivity contribution is 9.10. The number of hydrogen-bond donors (Lipinski definition) is 1. The molecule has 0 bridgehead atoms. The van der Waals surface area contributed by atoms with Crippen molar-refractivity contribution in [3.63, 3.8) is 0 Å². The summed E-state index contributed by atoms with van der Waals surface area (Å²) in [6.07, 6.45) is 1.16. The Balaban J connectivity index is 2.13. The summed E-state index contributed by atoms with van der Waals surface area (Å²) in [5.74, 6) is 0. The first-order valence-corrected chi connectivity index (χ1v) is 7.79. The van der Waals surface area contributed by atoms with Gasteiger partial charge in [-0.05, 0) is 37.6 Å². The van der Waals surface area contributed by atoms with Gasteiger partial charge in [-0.1, -0.05) is 28.9 Å². The molecule has 2 aromatic rings. The van der Waals surface area contributed by atoms with E-state index in [1.165, 1.54) is 11.1 Å². The van der Waals surface area contributed by atoms with Gasteiger partial charge < -0.3 is 5.32 Å². The molecule has 0 radical (unpaired) electrons. The van der Waals surface area contributed by atoms with Crippen molar-refractivity contribution in [2.45, 2.75) is 26.8 Å². The van der Waals surface area contributed by atoms with E-state index in [4.69, 9.17) is 0 Å². The summed E-state index contributed by atoms with van der Waals surface area (Å²) < 4.78 is 1.12. The molecule has 0 unspecified atom stereocenters. The van der Waals surface area contributed by atoms with Crippen molar-refractivity contribution in [3.8, 4) is 10.6 Å². The predicted molar refractivity (Wildman–Crippen MR) is 82.0 cm³/mol. The molecule has 0 fully saturated rings. The summed E-state index contributed by atoms with van der Waals surface area (Å²) in [7, 11) is 0. The van der Waals surface area contributed by atoms with Gasteiger partial charge in [0.25, 0.3) is 0 Å². The van der Waals surface area contributed by atoms with Gasteiger partial charge in [0.1, 0.15) is 5.01 Å². The lowest BCUT2D eigenvalue weighted by molar-refractivity contribution is 0.667. The Morgan fingerprint density at radius 3 is 2.94 bits per heavy atom. The zero-order valence-electron chi connectivity index (χ0n) is 10.7. The Bertz CT molecular complexity index is 522. The van der Waals surface area contributed by atoms with Gasteiger partial charge in [0.15, 0.2) is 0 Å². The summed E-state index contributed by atoms with van der Waals surface area (Å²) in [6.45, 7) is 6.20. The Hall–Kier alpha value is -0.710. The van der Waals surface area contributed by atoms with Crippen molar-refractivity contribution >= 4 is 27.3 Å². The van der Waals surface area contributed by atoms with Crippen LogP contribution in [0.2, 0.25) is 0 Å². The van der Waals surface area contributed by atoms with E-state index in [2.05, 4.69) is 63.7 Å². The monoisotopic (exact) mass is 324 g/mol. The van der Waals surface area contributed by atoms with Crippen LogP contribution in [-0.2, 0) is 6.54 Å². The highest BCUT2D eigenvalue weighted by Crippen LogP contribution is 2.28. The van der Waals surface area contributed by atoms with Crippen LogP contribution in [0, 0.1) is 6.92 Å². The normalized spacial score (nSPS) is 10.8. The van der Waals surface area contributed by atoms with E-state index in [0.717, 1.165) is 34.7 Å². The highest BCUT2D eigenvalue weighted by atomic mass is 79.9. The van der Waals surface area contributed by atoms with E-state index < -0.39 is 0 Å². The second-order valence-corrected chi connectivity index (χ2v) is 6.05. The Labute approximate surface area is 121 Å². The van der Waals surface area contributed by atoms with Gasteiger partial charge in [-0.25, -0.2) is 4.98 Å². The van der Waals surface area contributed by atoms with Crippen LogP contribution in [0.15, 0.2) is 28.1 Å². The molecule has 1 heterocycles. The van der Waals surface area contributed by atoms with Crippen molar-refractivity contribution in [1.29, 1.82) is 0 Å². The fourth-order valence-electron chi connectivity index (χ4n) is 1.77. The van der Waals surface area contributed by atoms with E-state index in [9.17, 15) is 0 Å². The summed E-state index contributed by atoms with van der Waals surface area (Å²) in [5, 5.41) is 6.62. The first kappa shape index (κ1) is 13.7. The van der Waals surface area contributed by atoms with Gasteiger partial charge in [0.2, 0.25) is 0 Å². The van der Waals surface area contributed by atoms with Crippen molar-refractivity contribution in [3.05, 3.63) is 39.3 Å². The molecule has 1 aromatic heterocycles. The number of nitrogens with zero attached hydrogens (tertiary/aromatic N) is 1. The molecule has 1 aromatic carbocycles. The van der Waals surface area contributed by atoms with Gasteiger partial charge in [0, 0.05) is 22.0 Å². The number of benzene rings is 1. The summed E-state index contributed by atoms with van der Waals surface area (Å²) in [5.41, 5.74) is 3.61. The second kappa shape index (κ2) is 6.45. The van der Waals surface area contributed by atoms with Crippen LogP contribution in [0.3, 0.4) is 0 Å². The number of nitrogens with one attached hydrogen (secondary N) is 1. The Morgan fingerprint density at radius 1 is 1.39 bits per heavy atom. The highest BCUT2D eigenvalue weighted by Gasteiger charge is 2.07. The molecule has 0 aliphatic heterocycles. The van der Waals surface area contributed by atoms with Crippen molar-refractivity contribution in [2.24, 2.45) is 0 Å². The van der Waals surface area contributed by atoms with Crippen molar-refractivity contribution in [1.82, 2.24) is 10.3 Å². The molecule has 2 rings (SSSR count). The summed E-state index contributed by atoms with van der Waals surface area (Å²) in [6, 6.07) is 6.33. The number of halogens is 1. The maximum atomic E-state index is 4.68. The molecule has 0 amide bonds. The zero-order chi connectivity index (χ0) is 13.0. The molecule has 0 saturated heterocycles. The van der Waals surface area contributed by atoms with E-state index in [1.54, 1.807) is 11.3 Å². The molecule has 96 valence electrons. The maximum absolute atomic E-state index is 4.68. The van der Waals surface area contributed by atoms with Crippen LogP contribution in [-0.4, -0.2) is 11.5 Å². The number of hydrogen-bond acceptors (Lipinski definition) is 3. The van der Waals surface area contributed by atoms with Crippen LogP contribution in [0.25, 0.3) is 10.6 Å². The van der Waals surface area contributed by atoms with Crippen LogP contribution in [0.5, 0.6) is 0 Å². The first-order chi connectivity index (χ1) is 8.70. The minimum absolute atomic E-state index is 0.861. The van der Waals surface area contributed by atoms with Gasteiger partial charge in [-0.2, -0.15) is 0 Å². The number of aryl methyl sites for hydroxylation is 1. The average molecular weight is 325 g/mol. The molecule has 4 heteroatoms. The maximum Gasteiger partial charge on any atom is 0.123 e. The summed E-state index contributed by atoms with van der Waals surface area (Å²) >= 11 is 5.20. The van der Waals surface area contributed by atoms with Crippen molar-refractivity contribution < 1.29 is 0 Å². The minimum atomic E-state index is 0.861. The molecule has 18 heavy (non-hydrogen) atoms.